The Morgan fingerprint density at radius 2 is 1.56 bits per heavy atom. The van der Waals surface area contributed by atoms with Crippen molar-refractivity contribution in [3.63, 3.8) is 0 Å². The van der Waals surface area contributed by atoms with Crippen LogP contribution in [0.1, 0.15) is 52.4 Å². The van der Waals surface area contributed by atoms with Crippen molar-refractivity contribution in [3.8, 4) is 0 Å². The quantitative estimate of drug-likeness (QED) is 0.770. The number of hydrogen-bond acceptors (Lipinski definition) is 1. The van der Waals surface area contributed by atoms with E-state index in [4.69, 9.17) is 5.73 Å². The van der Waals surface area contributed by atoms with Crippen molar-refractivity contribution in [3.05, 3.63) is 0 Å². The van der Waals surface area contributed by atoms with Crippen molar-refractivity contribution < 1.29 is 10.1 Å². The molecule has 0 unspecified atom stereocenters. The van der Waals surface area contributed by atoms with Crippen LogP contribution in [0.15, 0.2) is 0 Å². The molecule has 0 radical (unpaired) electrons. The van der Waals surface area contributed by atoms with Gasteiger partial charge in [0.25, 0.3) is 5.91 Å². The summed E-state index contributed by atoms with van der Waals surface area (Å²) in [6, 6.07) is 0.474. The van der Waals surface area contributed by atoms with Gasteiger partial charge in [0.05, 0.1) is 6.04 Å². The predicted molar refractivity (Wildman–Crippen MR) is 70.6 cm³/mol. The first kappa shape index (κ1) is 12.5. The Hall–Kier alpha value is -0.570. The Morgan fingerprint density at radius 3 is 1.94 bits per heavy atom. The molecule has 1 amide bonds. The van der Waals surface area contributed by atoms with Crippen molar-refractivity contribution in [1.29, 1.82) is 0 Å². The van der Waals surface area contributed by atoms with Gasteiger partial charge in [0.1, 0.15) is 0 Å². The Labute approximate surface area is 110 Å². The molecular weight excluding hydrogens is 224 g/mol. The van der Waals surface area contributed by atoms with Gasteiger partial charge in [0.15, 0.2) is 6.04 Å². The number of primary amides is 1. The molecule has 0 aromatic heterocycles. The standard InChI is InChI=1S/C15H26N2O/c1-9(14(16)18)17-10(2)15-6-11-3-12(7-15)5-13(4-11)8-15/h9-13,17H,3-8H2,1-2H3,(H2,16,18)/p+1/t9-,10+,11?,12?,13?,15?/m0/s1. The van der Waals surface area contributed by atoms with Crippen LogP contribution in [0, 0.1) is 23.2 Å². The van der Waals surface area contributed by atoms with E-state index >= 15 is 0 Å². The summed E-state index contributed by atoms with van der Waals surface area (Å²) in [7, 11) is 0. The summed E-state index contributed by atoms with van der Waals surface area (Å²) >= 11 is 0. The zero-order valence-electron chi connectivity index (χ0n) is 11.7. The average molecular weight is 251 g/mol. The third-order valence-electron chi connectivity index (χ3n) is 6.08. The molecule has 3 heteroatoms. The first-order chi connectivity index (χ1) is 8.48. The van der Waals surface area contributed by atoms with E-state index in [9.17, 15) is 4.79 Å². The number of nitrogens with two attached hydrogens (primary N) is 2. The van der Waals surface area contributed by atoms with Crippen LogP contribution in [0.3, 0.4) is 0 Å². The van der Waals surface area contributed by atoms with Gasteiger partial charge in [-0.15, -0.1) is 0 Å². The number of rotatable bonds is 4. The van der Waals surface area contributed by atoms with E-state index in [1.807, 2.05) is 6.92 Å². The minimum absolute atomic E-state index is 0.0759. The van der Waals surface area contributed by atoms with Crippen LogP contribution in [-0.4, -0.2) is 18.0 Å². The number of carbonyl (C=O) groups is 1. The molecule has 18 heavy (non-hydrogen) atoms. The molecule has 4 N–H and O–H groups in total. The topological polar surface area (TPSA) is 59.7 Å². The van der Waals surface area contributed by atoms with Gasteiger partial charge in [-0.05, 0) is 70.1 Å². The first-order valence-electron chi connectivity index (χ1n) is 7.63. The molecule has 0 heterocycles. The molecule has 3 nitrogen and oxygen atoms in total. The lowest BCUT2D eigenvalue weighted by atomic mass is 9.48. The maximum atomic E-state index is 11.3. The molecule has 0 spiro atoms. The van der Waals surface area contributed by atoms with Gasteiger partial charge in [-0.2, -0.15) is 0 Å². The Balaban J connectivity index is 1.72. The molecule has 4 aliphatic rings. The van der Waals surface area contributed by atoms with Crippen LogP contribution in [0.25, 0.3) is 0 Å². The van der Waals surface area contributed by atoms with Crippen LogP contribution < -0.4 is 11.1 Å². The van der Waals surface area contributed by atoms with Gasteiger partial charge in [-0.3, -0.25) is 4.79 Å². The summed E-state index contributed by atoms with van der Waals surface area (Å²) in [4.78, 5) is 11.3. The van der Waals surface area contributed by atoms with E-state index in [1.54, 1.807) is 0 Å². The fourth-order valence-corrected chi connectivity index (χ4v) is 5.47. The minimum atomic E-state index is -0.174. The fraction of sp³-hybridized carbons (Fsp3) is 0.933. The number of carbonyl (C=O) groups excluding carboxylic acids is 1. The highest BCUT2D eigenvalue weighted by atomic mass is 16.1. The second-order valence-electron chi connectivity index (χ2n) is 7.45. The fourth-order valence-electron chi connectivity index (χ4n) is 5.47. The van der Waals surface area contributed by atoms with E-state index in [0.29, 0.717) is 11.5 Å². The smallest absolute Gasteiger partial charge is 0.275 e. The second-order valence-corrected chi connectivity index (χ2v) is 7.45. The largest absolute Gasteiger partial charge is 0.365 e. The Morgan fingerprint density at radius 1 is 1.11 bits per heavy atom. The van der Waals surface area contributed by atoms with Crippen LogP contribution in [0.5, 0.6) is 0 Å². The third-order valence-corrected chi connectivity index (χ3v) is 6.08. The van der Waals surface area contributed by atoms with Crippen LogP contribution >= 0.6 is 0 Å². The zero-order chi connectivity index (χ0) is 12.9. The SMILES string of the molecule is C[C@H]([NH2+][C@H](C)C12CC3CC(CC(C3)C1)C2)C(N)=O. The van der Waals surface area contributed by atoms with E-state index in [0.717, 1.165) is 17.8 Å². The van der Waals surface area contributed by atoms with E-state index in [-0.39, 0.29) is 11.9 Å². The van der Waals surface area contributed by atoms with Crippen molar-refractivity contribution in [2.45, 2.75) is 64.5 Å². The highest BCUT2D eigenvalue weighted by molar-refractivity contribution is 5.77. The summed E-state index contributed by atoms with van der Waals surface area (Å²) in [6.45, 7) is 4.27. The molecule has 102 valence electrons. The molecule has 4 saturated carbocycles. The first-order valence-corrected chi connectivity index (χ1v) is 7.63. The number of quaternary nitrogens is 1. The molecule has 4 bridgehead atoms. The summed E-state index contributed by atoms with van der Waals surface area (Å²) in [5.41, 5.74) is 5.92. The summed E-state index contributed by atoms with van der Waals surface area (Å²) < 4.78 is 0. The minimum Gasteiger partial charge on any atom is -0.365 e. The summed E-state index contributed by atoms with van der Waals surface area (Å²) in [5.74, 6) is 2.77. The third kappa shape index (κ3) is 1.97. The zero-order valence-corrected chi connectivity index (χ0v) is 11.7. The maximum Gasteiger partial charge on any atom is 0.275 e. The number of amides is 1. The van der Waals surface area contributed by atoms with Crippen molar-refractivity contribution in [1.82, 2.24) is 0 Å². The van der Waals surface area contributed by atoms with Gasteiger partial charge in [0, 0.05) is 5.41 Å². The lowest BCUT2D eigenvalue weighted by Crippen LogP contribution is -2.98. The van der Waals surface area contributed by atoms with Crippen molar-refractivity contribution in [2.24, 2.45) is 28.9 Å². The highest BCUT2D eigenvalue weighted by Crippen LogP contribution is 2.60. The van der Waals surface area contributed by atoms with Crippen molar-refractivity contribution in [2.75, 3.05) is 0 Å². The van der Waals surface area contributed by atoms with Gasteiger partial charge in [0.2, 0.25) is 0 Å². The molecule has 0 aromatic carbocycles. The van der Waals surface area contributed by atoms with Gasteiger partial charge in [-0.25, -0.2) is 0 Å². The van der Waals surface area contributed by atoms with Crippen LogP contribution in [-0.2, 0) is 4.79 Å². The average Bonchev–Trinajstić information content (AvgIpc) is 2.26. The van der Waals surface area contributed by atoms with Crippen LogP contribution in [0.2, 0.25) is 0 Å². The Kier molecular flexibility index (Phi) is 2.92. The predicted octanol–water partition coefficient (Wildman–Crippen LogP) is 1.03. The van der Waals surface area contributed by atoms with Gasteiger partial charge >= 0.3 is 0 Å². The normalized spacial score (nSPS) is 44.9. The van der Waals surface area contributed by atoms with Gasteiger partial charge < -0.3 is 11.1 Å². The highest BCUT2D eigenvalue weighted by Gasteiger charge is 2.54. The molecule has 4 aliphatic carbocycles. The monoisotopic (exact) mass is 251 g/mol. The molecule has 0 aromatic rings. The van der Waals surface area contributed by atoms with E-state index in [2.05, 4.69) is 12.2 Å². The molecular formula is C15H27N2O+. The lowest BCUT2D eigenvalue weighted by molar-refractivity contribution is -0.718. The summed E-state index contributed by atoms with van der Waals surface area (Å²) in [5, 5.41) is 2.23. The maximum absolute atomic E-state index is 11.3. The molecule has 4 fully saturated rings. The van der Waals surface area contributed by atoms with E-state index in [1.165, 1.54) is 38.5 Å². The molecule has 2 atom stereocenters. The second kappa shape index (κ2) is 4.22. The summed E-state index contributed by atoms with van der Waals surface area (Å²) in [6.07, 6.45) is 8.67. The molecule has 4 rings (SSSR count). The van der Waals surface area contributed by atoms with Crippen LogP contribution in [0.4, 0.5) is 0 Å². The Bertz CT molecular complexity index is 317. The van der Waals surface area contributed by atoms with E-state index < -0.39 is 0 Å². The van der Waals surface area contributed by atoms with Gasteiger partial charge in [-0.1, -0.05) is 0 Å². The number of hydrogen-bond donors (Lipinski definition) is 2. The van der Waals surface area contributed by atoms with Crippen molar-refractivity contribution >= 4 is 5.91 Å². The molecule has 0 saturated heterocycles. The molecule has 0 aliphatic heterocycles. The lowest BCUT2D eigenvalue weighted by Gasteiger charge is -2.58.